The number of para-hydroxylation sites is 1. The molecule has 2 aromatic rings. The molecule has 0 aliphatic heterocycles. The fraction of sp³-hybridized carbons (Fsp3) is 0.481. The van der Waals surface area contributed by atoms with Crippen LogP contribution < -0.4 is 9.62 Å². The lowest BCUT2D eigenvalue weighted by molar-refractivity contribution is -0.140. The van der Waals surface area contributed by atoms with Crippen LogP contribution in [-0.4, -0.2) is 50.0 Å². The van der Waals surface area contributed by atoms with Crippen LogP contribution >= 0.6 is 11.6 Å². The second-order valence-electron chi connectivity index (χ2n) is 9.34. The smallest absolute Gasteiger partial charge is 0.244 e. The fourth-order valence-electron chi connectivity index (χ4n) is 3.97. The number of rotatable bonds is 12. The molecular weight excluding hydrogens is 498 g/mol. The molecule has 0 aromatic heterocycles. The van der Waals surface area contributed by atoms with Crippen molar-refractivity contribution < 1.29 is 18.0 Å². The van der Waals surface area contributed by atoms with Gasteiger partial charge >= 0.3 is 0 Å². The third-order valence-corrected chi connectivity index (χ3v) is 7.69. The van der Waals surface area contributed by atoms with Gasteiger partial charge in [0.2, 0.25) is 21.8 Å². The second kappa shape index (κ2) is 13.1. The average Bonchev–Trinajstić information content (AvgIpc) is 2.82. The van der Waals surface area contributed by atoms with Gasteiger partial charge in [-0.2, -0.15) is 0 Å². The van der Waals surface area contributed by atoms with Crippen molar-refractivity contribution in [2.45, 2.75) is 72.0 Å². The van der Waals surface area contributed by atoms with Crippen LogP contribution in [0.1, 0.15) is 64.5 Å². The van der Waals surface area contributed by atoms with E-state index in [9.17, 15) is 18.0 Å². The summed E-state index contributed by atoms with van der Waals surface area (Å²) in [6, 6.07) is 13.4. The molecule has 2 atom stereocenters. The molecule has 0 saturated heterocycles. The Balaban J connectivity index is 2.52. The molecule has 36 heavy (non-hydrogen) atoms. The van der Waals surface area contributed by atoms with Gasteiger partial charge in [0, 0.05) is 17.6 Å². The van der Waals surface area contributed by atoms with Crippen molar-refractivity contribution in [3.05, 3.63) is 64.7 Å². The number of nitrogens with zero attached hydrogens (tertiary/aromatic N) is 2. The molecule has 2 amide bonds. The first-order valence-corrected chi connectivity index (χ1v) is 14.5. The summed E-state index contributed by atoms with van der Waals surface area (Å²) in [4.78, 5) is 28.5. The summed E-state index contributed by atoms with van der Waals surface area (Å²) in [5, 5.41) is 3.43. The van der Waals surface area contributed by atoms with E-state index in [-0.39, 0.29) is 24.4 Å². The molecule has 0 heterocycles. The van der Waals surface area contributed by atoms with Crippen LogP contribution in [-0.2, 0) is 26.2 Å². The molecule has 9 heteroatoms. The van der Waals surface area contributed by atoms with Gasteiger partial charge in [-0.1, -0.05) is 75.7 Å². The summed E-state index contributed by atoms with van der Waals surface area (Å²) in [5.74, 6) is -0.713. The summed E-state index contributed by atoms with van der Waals surface area (Å²) >= 11 is 6.39. The van der Waals surface area contributed by atoms with E-state index >= 15 is 0 Å². The van der Waals surface area contributed by atoms with Crippen molar-refractivity contribution in [3.63, 3.8) is 0 Å². The zero-order valence-electron chi connectivity index (χ0n) is 22.0. The minimum Gasteiger partial charge on any atom is -0.352 e. The normalized spacial score (nSPS) is 13.2. The minimum absolute atomic E-state index is 0.0458. The first-order chi connectivity index (χ1) is 16.9. The maximum atomic E-state index is 13.8. The van der Waals surface area contributed by atoms with Crippen LogP contribution in [0.5, 0.6) is 0 Å². The highest BCUT2D eigenvalue weighted by molar-refractivity contribution is 7.92. The van der Waals surface area contributed by atoms with Crippen LogP contribution in [0, 0.1) is 0 Å². The van der Waals surface area contributed by atoms with Gasteiger partial charge in [0.25, 0.3) is 0 Å². The predicted octanol–water partition coefficient (Wildman–Crippen LogP) is 4.95. The van der Waals surface area contributed by atoms with Crippen molar-refractivity contribution in [2.75, 3.05) is 17.1 Å². The highest BCUT2D eigenvalue weighted by Gasteiger charge is 2.33. The van der Waals surface area contributed by atoms with E-state index in [2.05, 4.69) is 5.32 Å². The number of carbonyl (C=O) groups is 2. The van der Waals surface area contributed by atoms with Gasteiger partial charge in [-0.3, -0.25) is 13.9 Å². The molecule has 0 bridgehead atoms. The van der Waals surface area contributed by atoms with Crippen LogP contribution in [0.25, 0.3) is 0 Å². The predicted molar refractivity (Wildman–Crippen MR) is 147 cm³/mol. The van der Waals surface area contributed by atoms with E-state index in [1.54, 1.807) is 30.3 Å². The lowest BCUT2D eigenvalue weighted by Gasteiger charge is -2.34. The quantitative estimate of drug-likeness (QED) is 0.416. The van der Waals surface area contributed by atoms with E-state index in [1.807, 2.05) is 52.8 Å². The Hall–Kier alpha value is -2.58. The van der Waals surface area contributed by atoms with Gasteiger partial charge in [0.1, 0.15) is 12.6 Å². The van der Waals surface area contributed by atoms with Crippen molar-refractivity contribution >= 4 is 39.1 Å². The van der Waals surface area contributed by atoms with Gasteiger partial charge in [-0.05, 0) is 48.9 Å². The average molecular weight is 536 g/mol. The molecule has 0 unspecified atom stereocenters. The zero-order valence-corrected chi connectivity index (χ0v) is 23.6. The van der Waals surface area contributed by atoms with Crippen molar-refractivity contribution in [1.29, 1.82) is 0 Å². The number of sulfonamides is 1. The topological polar surface area (TPSA) is 86.8 Å². The second-order valence-corrected chi connectivity index (χ2v) is 11.7. The highest BCUT2D eigenvalue weighted by atomic mass is 35.5. The molecule has 7 nitrogen and oxygen atoms in total. The summed E-state index contributed by atoms with van der Waals surface area (Å²) < 4.78 is 26.9. The van der Waals surface area contributed by atoms with Gasteiger partial charge in [-0.15, -0.1) is 0 Å². The van der Waals surface area contributed by atoms with E-state index in [0.29, 0.717) is 22.7 Å². The number of hydrogen-bond acceptors (Lipinski definition) is 4. The summed E-state index contributed by atoms with van der Waals surface area (Å²) in [6.45, 7) is 9.28. The standard InChI is InChI=1S/C27H38ClN3O4S/c1-7-20(5)29-27(33)24(8-2)30(17-21-13-9-11-15-23(21)28)26(32)18-31(36(6,34)35)25-16-12-10-14-22(25)19(3)4/h9-16,19-20,24H,7-8,17-18H2,1-6H3,(H,29,33)/t20-,24-/m0/s1. The molecule has 198 valence electrons. The van der Waals surface area contributed by atoms with Gasteiger partial charge in [0.05, 0.1) is 11.9 Å². The largest absolute Gasteiger partial charge is 0.352 e. The lowest BCUT2D eigenvalue weighted by atomic mass is 10.0. The van der Waals surface area contributed by atoms with Crippen LogP contribution in [0.4, 0.5) is 5.69 Å². The molecule has 0 saturated carbocycles. The van der Waals surface area contributed by atoms with Crippen molar-refractivity contribution in [3.8, 4) is 0 Å². The van der Waals surface area contributed by atoms with Crippen LogP contribution in [0.3, 0.4) is 0 Å². The van der Waals surface area contributed by atoms with Gasteiger partial charge in [0.15, 0.2) is 0 Å². The molecule has 0 radical (unpaired) electrons. The molecular formula is C27H38ClN3O4S. The number of halogens is 1. The molecule has 2 aromatic carbocycles. The lowest BCUT2D eigenvalue weighted by Crippen LogP contribution is -2.53. The summed E-state index contributed by atoms with van der Waals surface area (Å²) in [5.41, 5.74) is 1.95. The highest BCUT2D eigenvalue weighted by Crippen LogP contribution is 2.29. The maximum Gasteiger partial charge on any atom is 0.244 e. The van der Waals surface area contributed by atoms with Gasteiger partial charge < -0.3 is 10.2 Å². The number of anilines is 1. The van der Waals surface area contributed by atoms with E-state index < -0.39 is 28.5 Å². The monoisotopic (exact) mass is 535 g/mol. The SMILES string of the molecule is CC[C@H](C)NC(=O)[C@H](CC)N(Cc1ccccc1Cl)C(=O)CN(c1ccccc1C(C)C)S(C)(=O)=O. The van der Waals surface area contributed by atoms with E-state index in [1.165, 1.54) is 4.90 Å². The minimum atomic E-state index is -3.80. The Morgan fingerprint density at radius 1 is 0.972 bits per heavy atom. The van der Waals surface area contributed by atoms with Crippen LogP contribution in [0.15, 0.2) is 48.5 Å². The number of hydrogen-bond donors (Lipinski definition) is 1. The molecule has 0 spiro atoms. The third-order valence-electron chi connectivity index (χ3n) is 6.19. The summed E-state index contributed by atoms with van der Waals surface area (Å²) in [6.07, 6.45) is 2.19. The Bertz CT molecular complexity index is 1150. The molecule has 1 N–H and O–H groups in total. The molecule has 0 fully saturated rings. The van der Waals surface area contributed by atoms with Crippen molar-refractivity contribution in [1.82, 2.24) is 10.2 Å². The number of benzene rings is 2. The number of nitrogens with one attached hydrogen (secondary N) is 1. The summed E-state index contributed by atoms with van der Waals surface area (Å²) in [7, 11) is -3.80. The fourth-order valence-corrected chi connectivity index (χ4v) is 5.03. The molecule has 0 aliphatic rings. The Morgan fingerprint density at radius 2 is 1.58 bits per heavy atom. The first-order valence-electron chi connectivity index (χ1n) is 12.3. The Morgan fingerprint density at radius 3 is 2.14 bits per heavy atom. The van der Waals surface area contributed by atoms with Gasteiger partial charge in [-0.25, -0.2) is 8.42 Å². The maximum absolute atomic E-state index is 13.8. The Labute approximate surface area is 220 Å². The van der Waals surface area contributed by atoms with E-state index in [0.717, 1.165) is 22.5 Å². The van der Waals surface area contributed by atoms with Crippen LogP contribution in [0.2, 0.25) is 5.02 Å². The number of amides is 2. The third kappa shape index (κ3) is 7.71. The molecule has 2 rings (SSSR count). The van der Waals surface area contributed by atoms with E-state index in [4.69, 9.17) is 11.6 Å². The molecule has 0 aliphatic carbocycles. The first kappa shape index (κ1) is 29.6. The number of carbonyl (C=O) groups excluding carboxylic acids is 2. The Kier molecular flexibility index (Phi) is 10.8. The van der Waals surface area contributed by atoms with Crippen molar-refractivity contribution in [2.24, 2.45) is 0 Å². The zero-order chi connectivity index (χ0) is 27.0.